The van der Waals surface area contributed by atoms with Gasteiger partial charge in [-0.15, -0.1) is 5.10 Å². The van der Waals surface area contributed by atoms with Crippen molar-refractivity contribution in [1.82, 2.24) is 24.1 Å². The third kappa shape index (κ3) is 5.37. The maximum absolute atomic E-state index is 13.4. The Bertz CT molecular complexity index is 1570. The number of carbonyl (C=O) groups is 1. The van der Waals surface area contributed by atoms with E-state index in [1.54, 1.807) is 50.2 Å². The van der Waals surface area contributed by atoms with Gasteiger partial charge in [-0.25, -0.2) is 9.48 Å². The van der Waals surface area contributed by atoms with Gasteiger partial charge in [0.2, 0.25) is 0 Å². The number of fused-ring (bicyclic) bond motifs is 1. The molecule has 4 aromatic rings. The highest BCUT2D eigenvalue weighted by atomic mass is 31.2. The van der Waals surface area contributed by atoms with Gasteiger partial charge in [0.15, 0.2) is 5.85 Å². The molecule has 13 heteroatoms. The summed E-state index contributed by atoms with van der Waals surface area (Å²) in [5, 5.41) is 18.6. The van der Waals surface area contributed by atoms with Gasteiger partial charge >= 0.3 is 13.3 Å². The van der Waals surface area contributed by atoms with Crippen molar-refractivity contribution in [3.8, 4) is 0 Å². The number of nitrogens with zero attached hydrogens (tertiary/aromatic N) is 5. The molecule has 2 heterocycles. The van der Waals surface area contributed by atoms with Gasteiger partial charge in [0.1, 0.15) is 5.69 Å². The number of hydrogen-bond donors (Lipinski definition) is 1. The molecule has 1 atom stereocenters. The third-order valence-electron chi connectivity index (χ3n) is 5.51. The summed E-state index contributed by atoms with van der Waals surface area (Å²) in [6.07, 6.45) is 1.46. The van der Waals surface area contributed by atoms with Crippen LogP contribution in [0.2, 0.25) is 0 Å². The molecule has 4 rings (SSSR count). The van der Waals surface area contributed by atoms with Gasteiger partial charge in [-0.3, -0.25) is 18.7 Å². The Hall–Kier alpha value is -3.70. The van der Waals surface area contributed by atoms with Crippen LogP contribution in [0.5, 0.6) is 0 Å². The molecule has 0 saturated heterocycles. The quantitative estimate of drug-likeness (QED) is 0.306. The Morgan fingerprint density at radius 2 is 1.68 bits per heavy atom. The van der Waals surface area contributed by atoms with E-state index in [9.17, 15) is 24.1 Å². The highest BCUT2D eigenvalue weighted by Crippen LogP contribution is 2.52. The third-order valence-corrected chi connectivity index (χ3v) is 7.64. The van der Waals surface area contributed by atoms with Crippen molar-refractivity contribution in [2.75, 3.05) is 13.2 Å². The lowest BCUT2D eigenvalue weighted by Gasteiger charge is -2.21. The molecule has 0 radical (unpaired) electrons. The number of benzene rings is 2. The van der Waals surface area contributed by atoms with Gasteiger partial charge in [0, 0.05) is 5.56 Å². The van der Waals surface area contributed by atoms with E-state index in [4.69, 9.17) is 9.05 Å². The Morgan fingerprint density at radius 3 is 2.35 bits per heavy atom. The van der Waals surface area contributed by atoms with Crippen LogP contribution in [0.1, 0.15) is 29.9 Å². The van der Waals surface area contributed by atoms with E-state index in [1.807, 2.05) is 0 Å². The van der Waals surface area contributed by atoms with E-state index in [2.05, 4.69) is 10.3 Å². The van der Waals surface area contributed by atoms with Crippen LogP contribution in [0.25, 0.3) is 10.9 Å². The molecule has 1 N–H and O–H groups in total. The fourth-order valence-electron chi connectivity index (χ4n) is 3.86. The minimum atomic E-state index is -3.79. The fraction of sp³-hybridized carbons (Fsp3) is 0.292. The van der Waals surface area contributed by atoms with E-state index < -0.39 is 30.6 Å². The lowest BCUT2D eigenvalue weighted by atomic mass is 10.2. The van der Waals surface area contributed by atoms with Gasteiger partial charge < -0.3 is 14.2 Å². The Kier molecular flexibility index (Phi) is 7.94. The Balaban J connectivity index is 1.70. The molecule has 0 amide bonds. The zero-order valence-corrected chi connectivity index (χ0v) is 21.2. The van der Waals surface area contributed by atoms with Gasteiger partial charge in [0.05, 0.1) is 43.4 Å². The summed E-state index contributed by atoms with van der Waals surface area (Å²) in [4.78, 5) is 39.6. The molecule has 1 unspecified atom stereocenters. The SMILES string of the molecule is CCOP(=O)(OCC)C(O)Cn1cc(Cn2c(=O)n(C(=O)c3ccccc3)c(=O)c3ccccc32)nn1. The second-order valence-corrected chi connectivity index (χ2v) is 10.2. The second kappa shape index (κ2) is 11.1. The van der Waals surface area contributed by atoms with Crippen LogP contribution < -0.4 is 11.2 Å². The molecule has 0 bridgehead atoms. The average molecular weight is 527 g/mol. The van der Waals surface area contributed by atoms with Crippen molar-refractivity contribution in [2.24, 2.45) is 0 Å². The van der Waals surface area contributed by atoms with Crippen LogP contribution >= 0.6 is 7.60 Å². The lowest BCUT2D eigenvalue weighted by molar-refractivity contribution is 0.0949. The van der Waals surface area contributed by atoms with Crippen molar-refractivity contribution in [1.29, 1.82) is 0 Å². The van der Waals surface area contributed by atoms with E-state index in [0.717, 1.165) is 0 Å². The number of aliphatic hydroxyl groups excluding tert-OH is 1. The lowest BCUT2D eigenvalue weighted by Crippen LogP contribution is -2.44. The van der Waals surface area contributed by atoms with Crippen LogP contribution in [0, 0.1) is 0 Å². The zero-order valence-electron chi connectivity index (χ0n) is 20.3. The summed E-state index contributed by atoms with van der Waals surface area (Å²) in [6.45, 7) is 3.10. The zero-order chi connectivity index (χ0) is 26.6. The number of carbonyl (C=O) groups excluding carboxylic acids is 1. The number of aromatic nitrogens is 5. The Labute approximate surface area is 211 Å². The molecule has 0 aliphatic rings. The molecular weight excluding hydrogens is 501 g/mol. The first-order valence-electron chi connectivity index (χ1n) is 11.6. The van der Waals surface area contributed by atoms with E-state index in [1.165, 1.54) is 33.6 Å². The average Bonchev–Trinajstić information content (AvgIpc) is 3.34. The molecular formula is C24H26N5O7P. The highest BCUT2D eigenvalue weighted by Gasteiger charge is 2.34. The molecule has 0 aliphatic heterocycles. The van der Waals surface area contributed by atoms with E-state index in [-0.39, 0.29) is 37.3 Å². The van der Waals surface area contributed by atoms with Crippen LogP contribution in [-0.2, 0) is 26.7 Å². The normalized spacial score (nSPS) is 12.6. The molecule has 0 aliphatic carbocycles. The molecule has 2 aromatic carbocycles. The topological polar surface area (TPSA) is 148 Å². The monoisotopic (exact) mass is 527 g/mol. The van der Waals surface area contributed by atoms with Crippen molar-refractivity contribution in [3.05, 3.63) is 92.9 Å². The minimum absolute atomic E-state index is 0.0876. The molecule has 194 valence electrons. The van der Waals surface area contributed by atoms with Crippen LogP contribution in [0.3, 0.4) is 0 Å². The predicted octanol–water partition coefficient (Wildman–Crippen LogP) is 2.08. The molecule has 2 aromatic heterocycles. The van der Waals surface area contributed by atoms with Crippen molar-refractivity contribution < 1.29 is 23.5 Å². The number of hydrogen-bond acceptors (Lipinski definition) is 9. The number of rotatable bonds is 10. The summed E-state index contributed by atoms with van der Waals surface area (Å²) in [6, 6.07) is 14.5. The molecule has 37 heavy (non-hydrogen) atoms. The summed E-state index contributed by atoms with van der Waals surface area (Å²) >= 11 is 0. The molecule has 12 nitrogen and oxygen atoms in total. The van der Waals surface area contributed by atoms with Crippen molar-refractivity contribution in [3.63, 3.8) is 0 Å². The van der Waals surface area contributed by atoms with E-state index in [0.29, 0.717) is 15.8 Å². The van der Waals surface area contributed by atoms with Crippen LogP contribution in [-0.4, -0.2) is 54.2 Å². The van der Waals surface area contributed by atoms with Gasteiger partial charge in [-0.1, -0.05) is 35.5 Å². The largest absolute Gasteiger partial charge is 0.379 e. The van der Waals surface area contributed by atoms with Crippen LogP contribution in [0.4, 0.5) is 0 Å². The highest BCUT2D eigenvalue weighted by molar-refractivity contribution is 7.54. The summed E-state index contributed by atoms with van der Waals surface area (Å²) in [5.74, 6) is -2.24. The first kappa shape index (κ1) is 26.4. The Morgan fingerprint density at radius 1 is 1.03 bits per heavy atom. The van der Waals surface area contributed by atoms with Crippen molar-refractivity contribution >= 4 is 24.4 Å². The van der Waals surface area contributed by atoms with Gasteiger partial charge in [-0.05, 0) is 38.1 Å². The van der Waals surface area contributed by atoms with Crippen LogP contribution in [0.15, 0.2) is 70.4 Å². The number of aliphatic hydroxyl groups is 1. The summed E-state index contributed by atoms with van der Waals surface area (Å²) < 4.78 is 26.2. The van der Waals surface area contributed by atoms with Gasteiger partial charge in [-0.2, -0.15) is 4.57 Å². The van der Waals surface area contributed by atoms with Gasteiger partial charge in [0.25, 0.3) is 11.5 Å². The molecule has 0 saturated carbocycles. The fourth-order valence-corrected chi connectivity index (χ4v) is 5.37. The predicted molar refractivity (Wildman–Crippen MR) is 135 cm³/mol. The standard InChI is InChI=1S/C24H26N5O7P/c1-3-35-37(34,36-4-2)21(30)16-27-14-18(25-26-27)15-28-20-13-9-8-12-19(20)23(32)29(24(28)33)22(31)17-10-6-5-7-11-17/h5-14,21,30H,3-4,15-16H2,1-2H3. The van der Waals surface area contributed by atoms with Crippen molar-refractivity contribution in [2.45, 2.75) is 32.8 Å². The number of para-hydroxylation sites is 1. The summed E-state index contributed by atoms with van der Waals surface area (Å²) in [7, 11) is -3.79. The summed E-state index contributed by atoms with van der Waals surface area (Å²) in [5.41, 5.74) is -0.734. The van der Waals surface area contributed by atoms with E-state index >= 15 is 0 Å². The first-order valence-corrected chi connectivity index (χ1v) is 13.2. The first-order chi connectivity index (χ1) is 17.8. The second-order valence-electron chi connectivity index (χ2n) is 7.99. The minimum Gasteiger partial charge on any atom is -0.379 e. The smallest absolute Gasteiger partial charge is 0.360 e. The maximum Gasteiger partial charge on any atom is 0.360 e. The maximum atomic E-state index is 13.4. The molecule has 0 fully saturated rings. The molecule has 0 spiro atoms.